The molecule has 1 heterocycles. The van der Waals surface area contributed by atoms with Crippen molar-refractivity contribution >= 4 is 5.91 Å². The molecule has 3 heteroatoms. The van der Waals surface area contributed by atoms with Gasteiger partial charge in [-0.1, -0.05) is 90.0 Å². The van der Waals surface area contributed by atoms with Gasteiger partial charge < -0.3 is 10.1 Å². The van der Waals surface area contributed by atoms with Gasteiger partial charge in [-0.3, -0.25) is 4.79 Å². The summed E-state index contributed by atoms with van der Waals surface area (Å²) in [5.74, 6) is 0.555. The highest BCUT2D eigenvalue weighted by molar-refractivity contribution is 5.76. The number of benzene rings is 3. The predicted octanol–water partition coefficient (Wildman–Crippen LogP) is 5.77. The SMILES string of the molecule is Cc1cccc(C(CNC(=O)CC2CCOCC2)(Cc2ccccc2)c2cccc(C)c2)c1. The molecular formula is C30H35NO2. The fourth-order valence-electron chi connectivity index (χ4n) is 5.00. The minimum Gasteiger partial charge on any atom is -0.381 e. The second kappa shape index (κ2) is 10.8. The van der Waals surface area contributed by atoms with Crippen molar-refractivity contribution < 1.29 is 9.53 Å². The molecule has 0 bridgehead atoms. The molecule has 172 valence electrons. The Morgan fingerprint density at radius 2 is 1.48 bits per heavy atom. The van der Waals surface area contributed by atoms with E-state index in [1.165, 1.54) is 27.8 Å². The highest BCUT2D eigenvalue weighted by atomic mass is 16.5. The molecule has 0 aromatic heterocycles. The van der Waals surface area contributed by atoms with Gasteiger partial charge >= 0.3 is 0 Å². The molecular weight excluding hydrogens is 406 g/mol. The molecule has 4 rings (SSSR count). The molecule has 33 heavy (non-hydrogen) atoms. The molecule has 0 atom stereocenters. The molecule has 1 saturated heterocycles. The lowest BCUT2D eigenvalue weighted by Gasteiger charge is -2.36. The minimum absolute atomic E-state index is 0.139. The van der Waals surface area contributed by atoms with Crippen LogP contribution in [0.25, 0.3) is 0 Å². The van der Waals surface area contributed by atoms with Gasteiger partial charge in [0.1, 0.15) is 0 Å². The monoisotopic (exact) mass is 441 g/mol. The van der Waals surface area contributed by atoms with Crippen LogP contribution in [-0.4, -0.2) is 25.7 Å². The normalized spacial score (nSPS) is 14.7. The molecule has 1 fully saturated rings. The Labute approximate surface area is 198 Å². The first kappa shape index (κ1) is 23.3. The number of hydrogen-bond acceptors (Lipinski definition) is 2. The second-order valence-corrected chi connectivity index (χ2v) is 9.52. The van der Waals surface area contributed by atoms with Crippen LogP contribution in [0.4, 0.5) is 0 Å². The Hall–Kier alpha value is -2.91. The van der Waals surface area contributed by atoms with E-state index in [0.29, 0.717) is 18.9 Å². The maximum absolute atomic E-state index is 13.1. The van der Waals surface area contributed by atoms with Crippen LogP contribution < -0.4 is 5.32 Å². The van der Waals surface area contributed by atoms with E-state index >= 15 is 0 Å². The highest BCUT2D eigenvalue weighted by Crippen LogP contribution is 2.36. The zero-order valence-corrected chi connectivity index (χ0v) is 19.8. The molecule has 0 spiro atoms. The molecule has 1 amide bonds. The summed E-state index contributed by atoms with van der Waals surface area (Å²) in [5.41, 5.74) is 5.84. The Bertz CT molecular complexity index is 1010. The number of hydrogen-bond donors (Lipinski definition) is 1. The Kier molecular flexibility index (Phi) is 7.61. The van der Waals surface area contributed by atoms with E-state index < -0.39 is 0 Å². The van der Waals surface area contributed by atoms with Crippen molar-refractivity contribution in [2.45, 2.75) is 44.9 Å². The lowest BCUT2D eigenvalue weighted by Crippen LogP contribution is -2.44. The summed E-state index contributed by atoms with van der Waals surface area (Å²) in [4.78, 5) is 13.1. The first-order valence-corrected chi connectivity index (χ1v) is 12.1. The average Bonchev–Trinajstić information content (AvgIpc) is 2.83. The summed E-state index contributed by atoms with van der Waals surface area (Å²) in [7, 11) is 0. The van der Waals surface area contributed by atoms with Crippen LogP contribution in [0.15, 0.2) is 78.9 Å². The quantitative estimate of drug-likeness (QED) is 0.482. The third-order valence-corrected chi connectivity index (χ3v) is 6.89. The summed E-state index contributed by atoms with van der Waals surface area (Å²) < 4.78 is 5.47. The largest absolute Gasteiger partial charge is 0.381 e. The Morgan fingerprint density at radius 1 is 0.879 bits per heavy atom. The van der Waals surface area contributed by atoms with Crippen LogP contribution in [0, 0.1) is 19.8 Å². The predicted molar refractivity (Wildman–Crippen MR) is 134 cm³/mol. The van der Waals surface area contributed by atoms with Crippen molar-refractivity contribution in [3.05, 3.63) is 107 Å². The van der Waals surface area contributed by atoms with E-state index in [0.717, 1.165) is 32.5 Å². The van der Waals surface area contributed by atoms with Crippen molar-refractivity contribution in [3.63, 3.8) is 0 Å². The van der Waals surface area contributed by atoms with Crippen LogP contribution in [0.3, 0.4) is 0 Å². The van der Waals surface area contributed by atoms with Gasteiger partial charge in [0, 0.05) is 31.6 Å². The van der Waals surface area contributed by atoms with E-state index in [9.17, 15) is 4.79 Å². The van der Waals surface area contributed by atoms with Crippen molar-refractivity contribution in [1.29, 1.82) is 0 Å². The van der Waals surface area contributed by atoms with Gasteiger partial charge in [-0.15, -0.1) is 0 Å². The van der Waals surface area contributed by atoms with Crippen LogP contribution in [0.1, 0.15) is 47.1 Å². The highest BCUT2D eigenvalue weighted by Gasteiger charge is 2.35. The molecule has 0 radical (unpaired) electrons. The summed E-state index contributed by atoms with van der Waals surface area (Å²) in [6.45, 7) is 6.37. The summed E-state index contributed by atoms with van der Waals surface area (Å²) in [5, 5.41) is 3.35. The van der Waals surface area contributed by atoms with Gasteiger partial charge in [-0.25, -0.2) is 0 Å². The topological polar surface area (TPSA) is 38.3 Å². The van der Waals surface area contributed by atoms with Crippen molar-refractivity contribution in [3.8, 4) is 0 Å². The first-order chi connectivity index (χ1) is 16.0. The minimum atomic E-state index is -0.356. The van der Waals surface area contributed by atoms with Crippen LogP contribution >= 0.6 is 0 Å². The standard InChI is InChI=1S/C30H35NO2/c1-23-8-6-12-27(18-23)30(21-26-10-4-3-5-11-26,28-13-7-9-24(2)19-28)22-31-29(32)20-25-14-16-33-17-15-25/h3-13,18-19,25H,14-17,20-22H2,1-2H3,(H,31,32). The van der Waals surface area contributed by atoms with E-state index in [1.807, 2.05) is 0 Å². The summed E-state index contributed by atoms with van der Waals surface area (Å²) >= 11 is 0. The van der Waals surface area contributed by atoms with Gasteiger partial charge in [-0.05, 0) is 55.7 Å². The summed E-state index contributed by atoms with van der Waals surface area (Å²) in [6.07, 6.45) is 3.33. The lowest BCUT2D eigenvalue weighted by atomic mass is 9.69. The molecule has 0 unspecified atom stereocenters. The maximum atomic E-state index is 13.1. The number of ether oxygens (including phenoxy) is 1. The third kappa shape index (κ3) is 5.91. The van der Waals surface area contributed by atoms with E-state index in [4.69, 9.17) is 4.74 Å². The molecule has 3 aromatic rings. The first-order valence-electron chi connectivity index (χ1n) is 12.1. The fraction of sp³-hybridized carbons (Fsp3) is 0.367. The molecule has 3 aromatic carbocycles. The molecule has 3 nitrogen and oxygen atoms in total. The van der Waals surface area contributed by atoms with Crippen molar-refractivity contribution in [2.24, 2.45) is 5.92 Å². The van der Waals surface area contributed by atoms with Gasteiger partial charge in [0.2, 0.25) is 5.91 Å². The van der Waals surface area contributed by atoms with E-state index in [1.54, 1.807) is 0 Å². The summed E-state index contributed by atoms with van der Waals surface area (Å²) in [6, 6.07) is 28.1. The van der Waals surface area contributed by atoms with Gasteiger partial charge in [0.25, 0.3) is 0 Å². The zero-order chi connectivity index (χ0) is 23.1. The van der Waals surface area contributed by atoms with Crippen molar-refractivity contribution in [1.82, 2.24) is 5.32 Å². The van der Waals surface area contributed by atoms with Crippen LogP contribution in [-0.2, 0) is 21.4 Å². The lowest BCUT2D eigenvalue weighted by molar-refractivity contribution is -0.122. The van der Waals surface area contributed by atoms with Crippen molar-refractivity contribution in [2.75, 3.05) is 19.8 Å². The fourth-order valence-corrected chi connectivity index (χ4v) is 5.00. The van der Waals surface area contributed by atoms with Gasteiger partial charge in [0.15, 0.2) is 0 Å². The molecule has 0 aliphatic carbocycles. The molecule has 0 saturated carbocycles. The zero-order valence-electron chi connectivity index (χ0n) is 19.8. The number of rotatable bonds is 8. The molecule has 1 aliphatic heterocycles. The van der Waals surface area contributed by atoms with Gasteiger partial charge in [-0.2, -0.15) is 0 Å². The molecule has 1 aliphatic rings. The third-order valence-electron chi connectivity index (χ3n) is 6.89. The maximum Gasteiger partial charge on any atom is 0.220 e. The van der Waals surface area contributed by atoms with Crippen LogP contribution in [0.5, 0.6) is 0 Å². The van der Waals surface area contributed by atoms with E-state index in [2.05, 4.69) is 98.0 Å². The van der Waals surface area contributed by atoms with Crippen LogP contribution in [0.2, 0.25) is 0 Å². The Balaban J connectivity index is 1.70. The van der Waals surface area contributed by atoms with Gasteiger partial charge in [0.05, 0.1) is 0 Å². The second-order valence-electron chi connectivity index (χ2n) is 9.52. The molecule has 1 N–H and O–H groups in total. The number of aryl methyl sites for hydroxylation is 2. The van der Waals surface area contributed by atoms with E-state index in [-0.39, 0.29) is 11.3 Å². The smallest absolute Gasteiger partial charge is 0.220 e. The number of amides is 1. The number of carbonyl (C=O) groups excluding carboxylic acids is 1. The number of carbonyl (C=O) groups is 1. The average molecular weight is 442 g/mol. The Morgan fingerprint density at radius 3 is 2.06 bits per heavy atom. The number of nitrogens with one attached hydrogen (secondary N) is 1.